The number of fused-ring (bicyclic) bond motifs is 1. The van der Waals surface area contributed by atoms with Crippen LogP contribution in [0.2, 0.25) is 0 Å². The number of nitrogens with one attached hydrogen (secondary N) is 2. The first-order chi connectivity index (χ1) is 18.1. The van der Waals surface area contributed by atoms with E-state index in [4.69, 9.17) is 4.98 Å². The Morgan fingerprint density at radius 2 is 1.41 bits per heavy atom. The third-order valence-electron chi connectivity index (χ3n) is 7.41. The van der Waals surface area contributed by atoms with Crippen LogP contribution in [0.1, 0.15) is 49.1 Å². The van der Waals surface area contributed by atoms with E-state index >= 15 is 0 Å². The lowest BCUT2D eigenvalue weighted by molar-refractivity contribution is -0.122. The highest BCUT2D eigenvalue weighted by molar-refractivity contribution is 5.93. The Hall–Kier alpha value is -3.86. The third-order valence-corrected chi connectivity index (χ3v) is 7.41. The molecule has 3 aromatic carbocycles. The van der Waals surface area contributed by atoms with Crippen LogP contribution in [0.4, 0.5) is 11.5 Å². The van der Waals surface area contributed by atoms with Crippen molar-refractivity contribution in [3.8, 4) is 0 Å². The van der Waals surface area contributed by atoms with Crippen molar-refractivity contribution in [1.29, 1.82) is 0 Å². The monoisotopic (exact) mass is 492 g/mol. The normalized spacial score (nSPS) is 17.5. The molecule has 5 heteroatoms. The summed E-state index contributed by atoms with van der Waals surface area (Å²) < 4.78 is 0. The van der Waals surface area contributed by atoms with E-state index in [-0.39, 0.29) is 17.9 Å². The van der Waals surface area contributed by atoms with Crippen LogP contribution in [0, 0.1) is 0 Å². The van der Waals surface area contributed by atoms with Gasteiger partial charge in [0.25, 0.3) is 0 Å². The second-order valence-corrected chi connectivity index (χ2v) is 10.3. The van der Waals surface area contributed by atoms with Gasteiger partial charge >= 0.3 is 0 Å². The number of carbonyl (C=O) groups excluding carboxylic acids is 1. The molecule has 1 aliphatic rings. The molecule has 1 aromatic heterocycles. The van der Waals surface area contributed by atoms with E-state index in [0.717, 1.165) is 42.4 Å². The van der Waals surface area contributed by atoms with Crippen LogP contribution >= 0.6 is 0 Å². The average molecular weight is 493 g/mol. The van der Waals surface area contributed by atoms with Crippen LogP contribution in [-0.2, 0) is 4.79 Å². The number of carbonyl (C=O) groups is 1. The molecule has 0 atom stereocenters. The van der Waals surface area contributed by atoms with Crippen molar-refractivity contribution in [3.05, 3.63) is 102 Å². The Balaban J connectivity index is 1.18. The lowest BCUT2D eigenvalue weighted by Crippen LogP contribution is -2.40. The number of hydrogen-bond acceptors (Lipinski definition) is 4. The van der Waals surface area contributed by atoms with Crippen molar-refractivity contribution < 1.29 is 4.79 Å². The minimum absolute atomic E-state index is 0.0604. The second kappa shape index (κ2) is 11.5. The molecule has 1 fully saturated rings. The van der Waals surface area contributed by atoms with Crippen molar-refractivity contribution in [2.75, 3.05) is 24.3 Å². The van der Waals surface area contributed by atoms with Gasteiger partial charge in [0.15, 0.2) is 0 Å². The van der Waals surface area contributed by atoms with Crippen molar-refractivity contribution in [2.45, 2.75) is 50.1 Å². The van der Waals surface area contributed by atoms with Crippen LogP contribution in [-0.4, -0.2) is 37.1 Å². The van der Waals surface area contributed by atoms with Crippen LogP contribution < -0.4 is 15.5 Å². The Morgan fingerprint density at radius 1 is 0.838 bits per heavy atom. The van der Waals surface area contributed by atoms with Gasteiger partial charge in [-0.1, -0.05) is 78.9 Å². The van der Waals surface area contributed by atoms with E-state index in [1.807, 2.05) is 42.5 Å². The summed E-state index contributed by atoms with van der Waals surface area (Å²) in [4.78, 5) is 20.1. The van der Waals surface area contributed by atoms with E-state index in [0.29, 0.717) is 12.5 Å². The number of nitrogens with zero attached hydrogens (tertiary/aromatic N) is 2. The van der Waals surface area contributed by atoms with Crippen LogP contribution in [0.25, 0.3) is 10.9 Å². The summed E-state index contributed by atoms with van der Waals surface area (Å²) in [6.07, 6.45) is 4.42. The Labute approximate surface area is 219 Å². The van der Waals surface area contributed by atoms with Gasteiger partial charge in [0.05, 0.1) is 5.52 Å². The average Bonchev–Trinajstić information content (AvgIpc) is 2.93. The van der Waals surface area contributed by atoms with Crippen LogP contribution in [0.5, 0.6) is 0 Å². The lowest BCUT2D eigenvalue weighted by atomic mass is 9.87. The van der Waals surface area contributed by atoms with E-state index in [1.165, 1.54) is 16.8 Å². The highest BCUT2D eigenvalue weighted by Gasteiger charge is 2.25. The van der Waals surface area contributed by atoms with Gasteiger partial charge < -0.3 is 15.5 Å². The summed E-state index contributed by atoms with van der Waals surface area (Å²) in [5.74, 6) is 1.11. The molecule has 5 rings (SSSR count). The van der Waals surface area contributed by atoms with Crippen LogP contribution in [0.15, 0.2) is 91.0 Å². The number of aromatic nitrogens is 1. The van der Waals surface area contributed by atoms with Gasteiger partial charge in [0.1, 0.15) is 5.82 Å². The molecular formula is C32H36N4O. The SMILES string of the molecule is CN(C)c1cc(NC2CCC(NC(=O)CC(c3ccccc3)c3ccccc3)CC2)nc2ccccc12. The number of hydrogen-bond donors (Lipinski definition) is 2. The molecule has 0 spiro atoms. The molecule has 1 aliphatic carbocycles. The van der Waals surface area contributed by atoms with Crippen LogP contribution in [0.3, 0.4) is 0 Å². The molecule has 0 radical (unpaired) electrons. The maximum atomic E-state index is 13.1. The molecular weight excluding hydrogens is 456 g/mol. The molecule has 37 heavy (non-hydrogen) atoms. The molecule has 190 valence electrons. The second-order valence-electron chi connectivity index (χ2n) is 10.3. The predicted octanol–water partition coefficient (Wildman–Crippen LogP) is 6.36. The standard InChI is InChI=1S/C32H36N4O/c1-36(2)30-22-31(35-29-16-10-9-15-27(29)30)33-25-17-19-26(20-18-25)34-32(37)21-28(23-11-5-3-6-12-23)24-13-7-4-8-14-24/h3-16,22,25-26,28H,17-21H2,1-2H3,(H,33,35)(H,34,37). The molecule has 0 unspecified atom stereocenters. The fourth-order valence-electron chi connectivity index (χ4n) is 5.46. The van der Waals surface area contributed by atoms with Crippen molar-refractivity contribution in [2.24, 2.45) is 0 Å². The zero-order valence-corrected chi connectivity index (χ0v) is 21.7. The zero-order chi connectivity index (χ0) is 25.6. The minimum Gasteiger partial charge on any atom is -0.377 e. The summed E-state index contributed by atoms with van der Waals surface area (Å²) in [6.45, 7) is 0. The van der Waals surface area contributed by atoms with Gasteiger partial charge in [-0.2, -0.15) is 0 Å². The van der Waals surface area contributed by atoms with Crippen molar-refractivity contribution in [3.63, 3.8) is 0 Å². The summed E-state index contributed by atoms with van der Waals surface area (Å²) in [6, 6.07) is 31.7. The zero-order valence-electron chi connectivity index (χ0n) is 21.7. The molecule has 0 bridgehead atoms. The maximum absolute atomic E-state index is 13.1. The summed E-state index contributed by atoms with van der Waals surface area (Å²) in [7, 11) is 4.14. The molecule has 5 nitrogen and oxygen atoms in total. The van der Waals surface area contributed by atoms with E-state index in [1.54, 1.807) is 0 Å². The highest BCUT2D eigenvalue weighted by atomic mass is 16.1. The summed E-state index contributed by atoms with van der Waals surface area (Å²) >= 11 is 0. The third kappa shape index (κ3) is 6.11. The molecule has 4 aromatic rings. The van der Waals surface area contributed by atoms with Crippen molar-refractivity contribution >= 4 is 28.3 Å². The topological polar surface area (TPSA) is 57.3 Å². The maximum Gasteiger partial charge on any atom is 0.221 e. The number of benzene rings is 3. The first kappa shape index (κ1) is 24.8. The minimum atomic E-state index is 0.0604. The molecule has 1 saturated carbocycles. The highest BCUT2D eigenvalue weighted by Crippen LogP contribution is 2.30. The largest absolute Gasteiger partial charge is 0.377 e. The summed E-state index contributed by atoms with van der Waals surface area (Å²) in [5.41, 5.74) is 4.53. The predicted molar refractivity (Wildman–Crippen MR) is 153 cm³/mol. The molecule has 1 amide bonds. The Morgan fingerprint density at radius 3 is 2.03 bits per heavy atom. The molecule has 0 saturated heterocycles. The fraction of sp³-hybridized carbons (Fsp3) is 0.312. The summed E-state index contributed by atoms with van der Waals surface area (Å²) in [5, 5.41) is 8.16. The quantitative estimate of drug-likeness (QED) is 0.300. The number of anilines is 2. The van der Waals surface area contributed by atoms with E-state index in [9.17, 15) is 4.79 Å². The van der Waals surface area contributed by atoms with Crippen molar-refractivity contribution in [1.82, 2.24) is 10.3 Å². The van der Waals surface area contributed by atoms with Gasteiger partial charge in [-0.15, -0.1) is 0 Å². The Bertz CT molecular complexity index is 1280. The Kier molecular flexibility index (Phi) is 7.69. The lowest BCUT2D eigenvalue weighted by Gasteiger charge is -2.31. The van der Waals surface area contributed by atoms with Gasteiger partial charge in [-0.3, -0.25) is 4.79 Å². The first-order valence-corrected chi connectivity index (χ1v) is 13.3. The number of rotatable bonds is 8. The van der Waals surface area contributed by atoms with Gasteiger partial charge in [-0.25, -0.2) is 4.98 Å². The number of para-hydroxylation sites is 1. The first-order valence-electron chi connectivity index (χ1n) is 13.3. The molecule has 0 aliphatic heterocycles. The fourth-order valence-corrected chi connectivity index (χ4v) is 5.46. The number of pyridine rings is 1. The smallest absolute Gasteiger partial charge is 0.221 e. The van der Waals surface area contributed by atoms with Gasteiger partial charge in [0.2, 0.25) is 5.91 Å². The van der Waals surface area contributed by atoms with Gasteiger partial charge in [-0.05, 0) is 42.9 Å². The van der Waals surface area contributed by atoms with Gasteiger partial charge in [0, 0.05) is 55.7 Å². The van der Waals surface area contributed by atoms with E-state index < -0.39 is 0 Å². The number of amides is 1. The van der Waals surface area contributed by atoms with E-state index in [2.05, 4.69) is 78.2 Å². The molecule has 1 heterocycles. The molecule has 2 N–H and O–H groups in total.